The Morgan fingerprint density at radius 2 is 2.00 bits per heavy atom. The Bertz CT molecular complexity index is 1160. The molecule has 10 heteroatoms. The Morgan fingerprint density at radius 3 is 2.75 bits per heavy atom. The molecule has 0 saturated carbocycles. The SMILES string of the molecule is COc1ccc(C2=NN(Cc3cccc(NC(=O)c4cc[nH]n4)c3)C(=O)SC2)cc1OC. The molecule has 1 aliphatic heterocycles. The van der Waals surface area contributed by atoms with Crippen molar-refractivity contribution in [1.82, 2.24) is 15.2 Å². The van der Waals surface area contributed by atoms with Crippen LogP contribution in [0.5, 0.6) is 11.5 Å². The number of hydrogen-bond donors (Lipinski definition) is 2. The molecular formula is C22H21N5O4S. The molecule has 0 atom stereocenters. The highest BCUT2D eigenvalue weighted by Crippen LogP contribution is 2.30. The molecule has 32 heavy (non-hydrogen) atoms. The topological polar surface area (TPSA) is 109 Å². The van der Waals surface area contributed by atoms with Gasteiger partial charge < -0.3 is 14.8 Å². The van der Waals surface area contributed by atoms with E-state index in [0.29, 0.717) is 28.6 Å². The van der Waals surface area contributed by atoms with Gasteiger partial charge in [0.25, 0.3) is 5.91 Å². The van der Waals surface area contributed by atoms with E-state index in [2.05, 4.69) is 20.6 Å². The highest BCUT2D eigenvalue weighted by atomic mass is 32.2. The van der Waals surface area contributed by atoms with Crippen LogP contribution < -0.4 is 14.8 Å². The predicted molar refractivity (Wildman–Crippen MR) is 122 cm³/mol. The molecule has 1 aromatic heterocycles. The smallest absolute Gasteiger partial charge is 0.302 e. The van der Waals surface area contributed by atoms with Gasteiger partial charge in [0.2, 0.25) is 0 Å². The van der Waals surface area contributed by atoms with Crippen molar-refractivity contribution in [2.24, 2.45) is 5.10 Å². The molecule has 0 aliphatic carbocycles. The van der Waals surface area contributed by atoms with Crippen LogP contribution in [0.2, 0.25) is 0 Å². The first-order valence-corrected chi connectivity index (χ1v) is 10.7. The average molecular weight is 452 g/mol. The first kappa shape index (κ1) is 21.4. The molecule has 3 aromatic rings. The van der Waals surface area contributed by atoms with E-state index in [0.717, 1.165) is 16.8 Å². The number of nitrogens with zero attached hydrogens (tertiary/aromatic N) is 3. The van der Waals surface area contributed by atoms with Gasteiger partial charge in [-0.1, -0.05) is 23.9 Å². The van der Waals surface area contributed by atoms with Crippen LogP contribution in [0.4, 0.5) is 10.5 Å². The number of amides is 2. The zero-order valence-corrected chi connectivity index (χ0v) is 18.3. The number of hydrazone groups is 1. The largest absolute Gasteiger partial charge is 0.493 e. The summed E-state index contributed by atoms with van der Waals surface area (Å²) in [4.78, 5) is 24.7. The fraction of sp³-hybridized carbons (Fsp3) is 0.182. The van der Waals surface area contributed by atoms with Crippen LogP contribution in [-0.4, -0.2) is 52.0 Å². The second kappa shape index (κ2) is 9.56. The Hall–Kier alpha value is -3.79. The fourth-order valence-electron chi connectivity index (χ4n) is 3.18. The molecule has 0 radical (unpaired) electrons. The minimum absolute atomic E-state index is 0.139. The van der Waals surface area contributed by atoms with Gasteiger partial charge in [0, 0.05) is 23.2 Å². The molecule has 0 unspecified atom stereocenters. The van der Waals surface area contributed by atoms with Gasteiger partial charge in [-0.05, 0) is 42.0 Å². The van der Waals surface area contributed by atoms with Crippen LogP contribution in [0.1, 0.15) is 21.6 Å². The van der Waals surface area contributed by atoms with Crippen molar-refractivity contribution < 1.29 is 19.1 Å². The normalized spacial score (nSPS) is 13.5. The molecule has 0 bridgehead atoms. The highest BCUT2D eigenvalue weighted by molar-refractivity contribution is 8.14. The van der Waals surface area contributed by atoms with Gasteiger partial charge in [-0.3, -0.25) is 14.7 Å². The van der Waals surface area contributed by atoms with Gasteiger partial charge in [0.15, 0.2) is 11.5 Å². The van der Waals surface area contributed by atoms with E-state index < -0.39 is 0 Å². The molecule has 0 fully saturated rings. The number of thioether (sulfide) groups is 1. The Morgan fingerprint density at radius 1 is 1.16 bits per heavy atom. The number of rotatable bonds is 7. The summed E-state index contributed by atoms with van der Waals surface area (Å²) in [6.07, 6.45) is 1.58. The number of carbonyl (C=O) groups is 2. The third kappa shape index (κ3) is 4.75. The van der Waals surface area contributed by atoms with Crippen LogP contribution in [0.25, 0.3) is 0 Å². The van der Waals surface area contributed by atoms with Gasteiger partial charge in [-0.25, -0.2) is 5.01 Å². The van der Waals surface area contributed by atoms with Crippen LogP contribution in [0.15, 0.2) is 59.8 Å². The lowest BCUT2D eigenvalue weighted by Crippen LogP contribution is -2.29. The number of hydrogen-bond acceptors (Lipinski definition) is 7. The van der Waals surface area contributed by atoms with Crippen LogP contribution >= 0.6 is 11.8 Å². The molecule has 0 saturated heterocycles. The Labute approximate surface area is 188 Å². The monoisotopic (exact) mass is 451 g/mol. The second-order valence-corrected chi connectivity index (χ2v) is 7.77. The zero-order chi connectivity index (χ0) is 22.5. The van der Waals surface area contributed by atoms with Crippen molar-refractivity contribution in [2.45, 2.75) is 6.54 Å². The van der Waals surface area contributed by atoms with Crippen LogP contribution in [-0.2, 0) is 6.54 Å². The van der Waals surface area contributed by atoms with E-state index in [4.69, 9.17) is 9.47 Å². The van der Waals surface area contributed by atoms with Crippen molar-refractivity contribution in [3.8, 4) is 11.5 Å². The fourth-order valence-corrected chi connectivity index (χ4v) is 3.92. The van der Waals surface area contributed by atoms with Crippen molar-refractivity contribution in [2.75, 3.05) is 25.3 Å². The maximum Gasteiger partial charge on any atom is 0.302 e. The number of aromatic nitrogens is 2. The summed E-state index contributed by atoms with van der Waals surface area (Å²) in [5, 5.41) is 15.1. The van der Waals surface area contributed by atoms with Crippen molar-refractivity contribution in [3.05, 3.63) is 71.5 Å². The summed E-state index contributed by atoms with van der Waals surface area (Å²) < 4.78 is 10.7. The maximum atomic E-state index is 12.5. The van der Waals surface area contributed by atoms with E-state index >= 15 is 0 Å². The van der Waals surface area contributed by atoms with Gasteiger partial charge in [-0.15, -0.1) is 0 Å². The number of methoxy groups -OCH3 is 2. The maximum absolute atomic E-state index is 12.5. The summed E-state index contributed by atoms with van der Waals surface area (Å²) in [7, 11) is 3.16. The summed E-state index contributed by atoms with van der Waals surface area (Å²) in [5.41, 5.74) is 3.35. The summed E-state index contributed by atoms with van der Waals surface area (Å²) in [5.74, 6) is 1.37. The minimum Gasteiger partial charge on any atom is -0.493 e. The number of ether oxygens (including phenoxy) is 2. The number of H-pyrrole nitrogens is 1. The number of nitrogens with one attached hydrogen (secondary N) is 2. The first-order chi connectivity index (χ1) is 15.6. The molecule has 0 spiro atoms. The van der Waals surface area contributed by atoms with Gasteiger partial charge in [0.05, 0.1) is 26.5 Å². The van der Waals surface area contributed by atoms with Gasteiger partial charge in [0.1, 0.15) is 5.69 Å². The van der Waals surface area contributed by atoms with Gasteiger partial charge in [-0.2, -0.15) is 10.2 Å². The molecular weight excluding hydrogens is 430 g/mol. The number of anilines is 1. The van der Waals surface area contributed by atoms with Gasteiger partial charge >= 0.3 is 5.24 Å². The van der Waals surface area contributed by atoms with Crippen LogP contribution in [0, 0.1) is 0 Å². The summed E-state index contributed by atoms with van der Waals surface area (Å²) in [6, 6.07) is 14.4. The van der Waals surface area contributed by atoms with E-state index in [1.165, 1.54) is 16.8 Å². The Balaban J connectivity index is 1.52. The molecule has 9 nitrogen and oxygen atoms in total. The number of aromatic amines is 1. The number of benzene rings is 2. The van der Waals surface area contributed by atoms with E-state index in [1.54, 1.807) is 32.5 Å². The molecule has 1 aliphatic rings. The summed E-state index contributed by atoms with van der Waals surface area (Å²) in [6.45, 7) is 0.273. The quantitative estimate of drug-likeness (QED) is 0.566. The first-order valence-electron chi connectivity index (χ1n) is 9.71. The lowest BCUT2D eigenvalue weighted by Gasteiger charge is -2.23. The molecule has 164 valence electrons. The van der Waals surface area contributed by atoms with E-state index in [9.17, 15) is 9.59 Å². The Kier molecular flexibility index (Phi) is 6.41. The molecule has 2 heterocycles. The third-order valence-corrected chi connectivity index (χ3v) is 5.63. The minimum atomic E-state index is -0.318. The summed E-state index contributed by atoms with van der Waals surface area (Å²) >= 11 is 1.19. The molecule has 2 amide bonds. The highest BCUT2D eigenvalue weighted by Gasteiger charge is 2.23. The van der Waals surface area contributed by atoms with E-state index in [1.807, 2.05) is 36.4 Å². The van der Waals surface area contributed by atoms with E-state index in [-0.39, 0.29) is 17.7 Å². The third-order valence-electron chi connectivity index (χ3n) is 4.75. The second-order valence-electron chi connectivity index (χ2n) is 6.84. The molecule has 2 N–H and O–H groups in total. The van der Waals surface area contributed by atoms with Crippen molar-refractivity contribution >= 4 is 34.3 Å². The lowest BCUT2D eigenvalue weighted by atomic mass is 10.1. The molecule has 2 aromatic carbocycles. The average Bonchev–Trinajstić information content (AvgIpc) is 3.35. The van der Waals surface area contributed by atoms with Crippen LogP contribution in [0.3, 0.4) is 0 Å². The molecule has 4 rings (SSSR count). The zero-order valence-electron chi connectivity index (χ0n) is 17.5. The lowest BCUT2D eigenvalue weighted by molar-refractivity contribution is 0.102. The number of carbonyl (C=O) groups excluding carboxylic acids is 2. The standard InChI is InChI=1S/C22H21N5O4S/c1-30-19-7-6-15(11-20(19)31-2)18-13-32-22(29)27(26-18)12-14-4-3-5-16(10-14)24-21(28)17-8-9-23-25-17/h3-11H,12-13H2,1-2H3,(H,23,25)(H,24,28). The van der Waals surface area contributed by atoms with Crippen molar-refractivity contribution in [1.29, 1.82) is 0 Å². The predicted octanol–water partition coefficient (Wildman–Crippen LogP) is 3.75. The van der Waals surface area contributed by atoms with Crippen molar-refractivity contribution in [3.63, 3.8) is 0 Å².